The Morgan fingerprint density at radius 3 is 2.42 bits per heavy atom. The van der Waals surface area contributed by atoms with Crippen molar-refractivity contribution in [3.8, 4) is 16.5 Å². The Morgan fingerprint density at radius 2 is 1.79 bits per heavy atom. The number of hydrogen-bond acceptors (Lipinski definition) is 5. The van der Waals surface area contributed by atoms with Crippen LogP contribution in [0.4, 0.5) is 19.0 Å². The lowest BCUT2D eigenvalue weighted by molar-refractivity contribution is -0.137. The number of aryl methyl sites for hydroxylation is 1. The number of anilines is 1. The van der Waals surface area contributed by atoms with E-state index in [1.807, 2.05) is 47.8 Å². The van der Waals surface area contributed by atoms with Crippen molar-refractivity contribution in [3.63, 3.8) is 0 Å². The second kappa shape index (κ2) is 10.1. The topological polar surface area (TPSA) is 92.7 Å². The van der Waals surface area contributed by atoms with Gasteiger partial charge in [0.1, 0.15) is 11.5 Å². The zero-order chi connectivity index (χ0) is 26.9. The highest BCUT2D eigenvalue weighted by molar-refractivity contribution is 7.13. The maximum atomic E-state index is 13.0. The minimum Gasteiger partial charge on any atom is -0.306 e. The molecule has 5 rings (SSSR count). The van der Waals surface area contributed by atoms with Crippen molar-refractivity contribution >= 4 is 23.1 Å². The summed E-state index contributed by atoms with van der Waals surface area (Å²) in [5.41, 5.74) is 1.31. The molecule has 0 saturated heterocycles. The van der Waals surface area contributed by atoms with Crippen molar-refractivity contribution in [1.29, 1.82) is 0 Å². The molecule has 192 valence electrons. The number of hydrogen-bond donors (Lipinski definition) is 2. The van der Waals surface area contributed by atoms with Gasteiger partial charge in [0.2, 0.25) is 5.95 Å². The number of halogens is 3. The van der Waals surface area contributed by atoms with E-state index in [9.17, 15) is 22.8 Å². The highest BCUT2D eigenvalue weighted by Crippen LogP contribution is 2.30. The largest absolute Gasteiger partial charge is 0.416 e. The number of thiophene rings is 1. The molecule has 0 aliphatic heterocycles. The molecule has 0 atom stereocenters. The first kappa shape index (κ1) is 25.2. The van der Waals surface area contributed by atoms with E-state index < -0.39 is 17.6 Å². The van der Waals surface area contributed by atoms with Gasteiger partial charge in [-0.15, -0.1) is 11.3 Å². The number of H-pyrrole nitrogens is 1. The van der Waals surface area contributed by atoms with Gasteiger partial charge in [0.15, 0.2) is 0 Å². The van der Waals surface area contributed by atoms with E-state index in [1.165, 1.54) is 16.0 Å². The van der Waals surface area contributed by atoms with E-state index >= 15 is 0 Å². The molecule has 0 aliphatic carbocycles. The van der Waals surface area contributed by atoms with Crippen LogP contribution in [0.1, 0.15) is 32.7 Å². The monoisotopic (exact) mass is 535 g/mol. The number of nitrogens with one attached hydrogen (secondary N) is 2. The number of carbonyl (C=O) groups is 1. The molecular weight excluding hydrogens is 515 g/mol. The van der Waals surface area contributed by atoms with Crippen LogP contribution < -0.4 is 10.9 Å². The molecule has 2 aromatic carbocycles. The fourth-order valence-electron chi connectivity index (χ4n) is 3.88. The molecule has 0 radical (unpaired) electrons. The highest BCUT2D eigenvalue weighted by Gasteiger charge is 2.30. The van der Waals surface area contributed by atoms with Gasteiger partial charge in [-0.25, -0.2) is 4.98 Å². The summed E-state index contributed by atoms with van der Waals surface area (Å²) in [7, 11) is 0. The van der Waals surface area contributed by atoms with E-state index in [4.69, 9.17) is 0 Å². The minimum absolute atomic E-state index is 0.0271. The first-order valence-corrected chi connectivity index (χ1v) is 12.3. The molecule has 0 saturated carbocycles. The van der Waals surface area contributed by atoms with Crippen molar-refractivity contribution in [2.75, 3.05) is 5.32 Å². The first-order valence-electron chi connectivity index (χ1n) is 11.5. The molecule has 5 aromatic rings. The fourth-order valence-corrected chi connectivity index (χ4v) is 4.56. The Labute approximate surface area is 218 Å². The van der Waals surface area contributed by atoms with Crippen LogP contribution in [0, 0.1) is 6.92 Å². The van der Waals surface area contributed by atoms with Crippen LogP contribution in [0.3, 0.4) is 0 Å². The fraction of sp³-hybridized carbons (Fsp3) is 0.111. The van der Waals surface area contributed by atoms with Gasteiger partial charge in [0, 0.05) is 23.6 Å². The molecule has 0 aliphatic rings. The summed E-state index contributed by atoms with van der Waals surface area (Å²) < 4.78 is 40.0. The maximum Gasteiger partial charge on any atom is 0.416 e. The van der Waals surface area contributed by atoms with E-state index in [0.717, 1.165) is 34.7 Å². The Kier molecular flexibility index (Phi) is 6.68. The van der Waals surface area contributed by atoms with E-state index in [0.29, 0.717) is 23.4 Å². The molecule has 0 fully saturated rings. The molecule has 11 heteroatoms. The van der Waals surface area contributed by atoms with Crippen LogP contribution in [-0.4, -0.2) is 25.7 Å². The normalized spacial score (nSPS) is 11.5. The molecule has 0 bridgehead atoms. The predicted octanol–water partition coefficient (Wildman–Crippen LogP) is 5.85. The standard InChI is InChI=1S/C27H20F3N5O2S/c1-16-20(14-17-6-3-2-4-7-17)25(37)33-26(31-16)35-23(15-21(34-35)22-8-5-13-38-22)32-24(36)18-9-11-19(12-10-18)27(28,29)30/h2-13,15H,14H2,1H3,(H,32,36)(H,31,33,37). The van der Waals surface area contributed by atoms with Crippen molar-refractivity contribution < 1.29 is 18.0 Å². The lowest BCUT2D eigenvalue weighted by Gasteiger charge is -2.11. The Morgan fingerprint density at radius 1 is 1.05 bits per heavy atom. The maximum absolute atomic E-state index is 13.0. The van der Waals surface area contributed by atoms with Crippen molar-refractivity contribution in [1.82, 2.24) is 19.7 Å². The van der Waals surface area contributed by atoms with Gasteiger partial charge < -0.3 is 5.32 Å². The smallest absolute Gasteiger partial charge is 0.306 e. The molecule has 1 amide bonds. The Hall–Kier alpha value is -4.51. The lowest BCUT2D eigenvalue weighted by atomic mass is 10.1. The second-order valence-corrected chi connectivity index (χ2v) is 9.40. The summed E-state index contributed by atoms with van der Waals surface area (Å²) in [5.74, 6) is -0.358. The zero-order valence-corrected chi connectivity index (χ0v) is 20.7. The molecular formula is C27H20F3N5O2S. The first-order chi connectivity index (χ1) is 18.2. The van der Waals surface area contributed by atoms with Crippen molar-refractivity contribution in [2.45, 2.75) is 19.5 Å². The van der Waals surface area contributed by atoms with Gasteiger partial charge >= 0.3 is 6.18 Å². The number of carbonyl (C=O) groups excluding carboxylic acids is 1. The second-order valence-electron chi connectivity index (χ2n) is 8.45. The number of aromatic nitrogens is 4. The van der Waals surface area contributed by atoms with Crippen molar-refractivity contribution in [2.24, 2.45) is 0 Å². The third-order valence-corrected chi connectivity index (χ3v) is 6.73. The lowest BCUT2D eigenvalue weighted by Crippen LogP contribution is -2.22. The average molecular weight is 536 g/mol. The van der Waals surface area contributed by atoms with Crippen molar-refractivity contribution in [3.05, 3.63) is 116 Å². The molecule has 38 heavy (non-hydrogen) atoms. The summed E-state index contributed by atoms with van der Waals surface area (Å²) >= 11 is 1.43. The van der Waals surface area contributed by atoms with Crippen LogP contribution >= 0.6 is 11.3 Å². The summed E-state index contributed by atoms with van der Waals surface area (Å²) in [5, 5.41) is 9.10. The van der Waals surface area contributed by atoms with Gasteiger partial charge in [0.05, 0.1) is 16.1 Å². The van der Waals surface area contributed by atoms with Crippen LogP contribution in [0.2, 0.25) is 0 Å². The number of nitrogens with zero attached hydrogens (tertiary/aromatic N) is 3. The van der Waals surface area contributed by atoms with Crippen LogP contribution in [-0.2, 0) is 12.6 Å². The molecule has 3 aromatic heterocycles. The summed E-state index contributed by atoms with van der Waals surface area (Å²) in [6, 6.07) is 18.7. The molecule has 0 spiro atoms. The highest BCUT2D eigenvalue weighted by atomic mass is 32.1. The number of aromatic amines is 1. The van der Waals surface area contributed by atoms with Crippen LogP contribution in [0.5, 0.6) is 0 Å². The SMILES string of the molecule is Cc1nc(-n2nc(-c3cccs3)cc2NC(=O)c2ccc(C(F)(F)F)cc2)[nH]c(=O)c1Cc1ccccc1. The zero-order valence-electron chi connectivity index (χ0n) is 19.9. The Bertz CT molecular complexity index is 1640. The summed E-state index contributed by atoms with van der Waals surface area (Å²) in [6.45, 7) is 1.72. The number of alkyl halides is 3. The molecule has 7 nitrogen and oxygen atoms in total. The predicted molar refractivity (Wildman–Crippen MR) is 139 cm³/mol. The molecule has 0 unspecified atom stereocenters. The minimum atomic E-state index is -4.51. The van der Waals surface area contributed by atoms with Gasteiger partial charge in [-0.2, -0.15) is 23.0 Å². The number of amides is 1. The quantitative estimate of drug-likeness (QED) is 0.285. The summed E-state index contributed by atoms with van der Waals surface area (Å²) in [4.78, 5) is 34.1. The van der Waals surface area contributed by atoms with E-state index in [1.54, 1.807) is 13.0 Å². The van der Waals surface area contributed by atoms with Crippen LogP contribution in [0.15, 0.2) is 83.0 Å². The third kappa shape index (κ3) is 5.28. The summed E-state index contributed by atoms with van der Waals surface area (Å²) in [6.07, 6.45) is -4.11. The van der Waals surface area contributed by atoms with Gasteiger partial charge in [-0.05, 0) is 48.2 Å². The average Bonchev–Trinajstić information content (AvgIpc) is 3.57. The van der Waals surface area contributed by atoms with E-state index in [-0.39, 0.29) is 22.9 Å². The number of rotatable bonds is 6. The van der Waals surface area contributed by atoms with Gasteiger partial charge in [0.25, 0.3) is 11.5 Å². The Balaban J connectivity index is 1.50. The van der Waals surface area contributed by atoms with E-state index in [2.05, 4.69) is 20.4 Å². The number of benzene rings is 2. The van der Waals surface area contributed by atoms with Crippen LogP contribution in [0.25, 0.3) is 16.5 Å². The van der Waals surface area contributed by atoms with Gasteiger partial charge in [-0.3, -0.25) is 14.6 Å². The third-order valence-electron chi connectivity index (χ3n) is 5.83. The molecule has 2 N–H and O–H groups in total. The molecule has 3 heterocycles. The van der Waals surface area contributed by atoms with Gasteiger partial charge in [-0.1, -0.05) is 36.4 Å².